The Bertz CT molecular complexity index is 576. The number of aromatic carboxylic acids is 1. The van der Waals surface area contributed by atoms with Crippen LogP contribution in [0.5, 0.6) is 0 Å². The predicted octanol–water partition coefficient (Wildman–Crippen LogP) is 0.663. The zero-order valence-electron chi connectivity index (χ0n) is 8.27. The van der Waals surface area contributed by atoms with Crippen molar-refractivity contribution in [1.29, 1.82) is 0 Å². The summed E-state index contributed by atoms with van der Waals surface area (Å²) in [5.41, 5.74) is 3.13. The molecule has 6 heteroatoms. The van der Waals surface area contributed by atoms with Gasteiger partial charge in [-0.05, 0) is 18.4 Å². The highest BCUT2D eigenvalue weighted by Crippen LogP contribution is 2.32. The molecule has 0 atom stereocenters. The lowest BCUT2D eigenvalue weighted by atomic mass is 9.93. The number of rotatable bonds is 1. The van der Waals surface area contributed by atoms with Crippen molar-refractivity contribution in [3.63, 3.8) is 0 Å². The molecular formula is C10H8N4O2. The van der Waals surface area contributed by atoms with Crippen molar-refractivity contribution in [1.82, 2.24) is 20.2 Å². The Morgan fingerprint density at radius 2 is 2.31 bits per heavy atom. The van der Waals surface area contributed by atoms with Gasteiger partial charge >= 0.3 is 5.97 Å². The molecule has 1 aliphatic carbocycles. The van der Waals surface area contributed by atoms with Gasteiger partial charge in [0, 0.05) is 11.9 Å². The molecule has 0 fully saturated rings. The van der Waals surface area contributed by atoms with E-state index in [2.05, 4.69) is 20.2 Å². The molecule has 0 amide bonds. The highest BCUT2D eigenvalue weighted by molar-refractivity contribution is 5.94. The Morgan fingerprint density at radius 1 is 1.44 bits per heavy atom. The van der Waals surface area contributed by atoms with Crippen LogP contribution in [0.4, 0.5) is 0 Å². The lowest BCUT2D eigenvalue weighted by molar-refractivity contribution is 0.0691. The van der Waals surface area contributed by atoms with Gasteiger partial charge in [-0.2, -0.15) is 5.10 Å². The van der Waals surface area contributed by atoms with Gasteiger partial charge in [-0.15, -0.1) is 0 Å². The Morgan fingerprint density at radius 3 is 3.12 bits per heavy atom. The zero-order valence-corrected chi connectivity index (χ0v) is 8.27. The van der Waals surface area contributed by atoms with Crippen LogP contribution in [0.2, 0.25) is 0 Å². The van der Waals surface area contributed by atoms with Crippen molar-refractivity contribution in [2.75, 3.05) is 0 Å². The quantitative estimate of drug-likeness (QED) is 0.730. The van der Waals surface area contributed by atoms with Crippen molar-refractivity contribution in [3.05, 3.63) is 29.5 Å². The smallest absolute Gasteiger partial charge is 0.357 e. The van der Waals surface area contributed by atoms with Gasteiger partial charge in [0.15, 0.2) is 5.69 Å². The summed E-state index contributed by atoms with van der Waals surface area (Å²) in [6.07, 6.45) is 4.71. The minimum absolute atomic E-state index is 0.0367. The predicted molar refractivity (Wildman–Crippen MR) is 54.0 cm³/mol. The fraction of sp³-hybridized carbons (Fsp3) is 0.200. The molecule has 0 unspecified atom stereocenters. The molecule has 0 aliphatic heterocycles. The average molecular weight is 216 g/mol. The molecule has 2 heterocycles. The maximum atomic E-state index is 11.0. The number of H-pyrrole nitrogens is 1. The number of aromatic nitrogens is 4. The van der Waals surface area contributed by atoms with Crippen LogP contribution < -0.4 is 0 Å². The van der Waals surface area contributed by atoms with Crippen LogP contribution in [0.25, 0.3) is 11.3 Å². The van der Waals surface area contributed by atoms with Crippen LogP contribution in [-0.4, -0.2) is 31.2 Å². The maximum Gasteiger partial charge on any atom is 0.357 e. The molecule has 0 bridgehead atoms. The fourth-order valence-corrected chi connectivity index (χ4v) is 1.99. The lowest BCUT2D eigenvalue weighted by Crippen LogP contribution is -2.08. The standard InChI is InChI=1S/C10H8N4O2/c15-10(16)9-7-6(13-14-9)2-1-5-3-11-4-12-8(5)7/h3-4H,1-2H2,(H,13,14)(H,15,16). The molecule has 0 radical (unpaired) electrons. The van der Waals surface area contributed by atoms with Crippen molar-refractivity contribution >= 4 is 5.97 Å². The number of fused-ring (bicyclic) bond motifs is 3. The number of nitrogens with one attached hydrogen (secondary N) is 1. The molecule has 2 N–H and O–H groups in total. The lowest BCUT2D eigenvalue weighted by Gasteiger charge is -2.13. The van der Waals surface area contributed by atoms with Gasteiger partial charge in [0.25, 0.3) is 0 Å². The second-order valence-corrected chi connectivity index (χ2v) is 3.63. The van der Waals surface area contributed by atoms with E-state index in [1.54, 1.807) is 6.20 Å². The van der Waals surface area contributed by atoms with Crippen LogP contribution in [-0.2, 0) is 12.8 Å². The number of carbonyl (C=O) groups is 1. The summed E-state index contributed by atoms with van der Waals surface area (Å²) in [5, 5.41) is 15.6. The Balaban J connectivity index is 2.29. The number of aromatic amines is 1. The van der Waals surface area contributed by atoms with E-state index < -0.39 is 5.97 Å². The average Bonchev–Trinajstić information content (AvgIpc) is 2.73. The molecule has 2 aromatic heterocycles. The van der Waals surface area contributed by atoms with Gasteiger partial charge in [-0.1, -0.05) is 0 Å². The normalized spacial score (nSPS) is 13.0. The van der Waals surface area contributed by atoms with Gasteiger partial charge in [0.1, 0.15) is 6.33 Å². The fourth-order valence-electron chi connectivity index (χ4n) is 1.99. The first kappa shape index (κ1) is 9.02. The third kappa shape index (κ3) is 1.13. The number of nitrogens with zero attached hydrogens (tertiary/aromatic N) is 3. The highest BCUT2D eigenvalue weighted by atomic mass is 16.4. The molecule has 0 saturated carbocycles. The number of hydrogen-bond donors (Lipinski definition) is 2. The van der Waals surface area contributed by atoms with E-state index in [1.807, 2.05) is 0 Å². The minimum Gasteiger partial charge on any atom is -0.476 e. The third-order valence-corrected chi connectivity index (χ3v) is 2.71. The highest BCUT2D eigenvalue weighted by Gasteiger charge is 2.26. The van der Waals surface area contributed by atoms with Crippen LogP contribution in [0.15, 0.2) is 12.5 Å². The summed E-state index contributed by atoms with van der Waals surface area (Å²) < 4.78 is 0. The van der Waals surface area contributed by atoms with E-state index in [0.29, 0.717) is 11.3 Å². The Labute approximate surface area is 90.4 Å². The summed E-state index contributed by atoms with van der Waals surface area (Å²) in [6.45, 7) is 0. The Hall–Kier alpha value is -2.24. The van der Waals surface area contributed by atoms with Crippen molar-refractivity contribution in [3.8, 4) is 11.3 Å². The van der Waals surface area contributed by atoms with Gasteiger partial charge in [0.2, 0.25) is 0 Å². The first-order chi connectivity index (χ1) is 7.77. The molecule has 0 spiro atoms. The monoisotopic (exact) mass is 216 g/mol. The summed E-state index contributed by atoms with van der Waals surface area (Å²) in [4.78, 5) is 19.1. The number of carboxylic acids is 1. The first-order valence-corrected chi connectivity index (χ1v) is 4.87. The van der Waals surface area contributed by atoms with Gasteiger partial charge in [0.05, 0.1) is 11.3 Å². The van der Waals surface area contributed by atoms with Crippen molar-refractivity contribution in [2.45, 2.75) is 12.8 Å². The van der Waals surface area contributed by atoms with Gasteiger partial charge in [-0.3, -0.25) is 5.10 Å². The Kier molecular flexibility index (Phi) is 1.76. The molecule has 0 aromatic carbocycles. The second kappa shape index (κ2) is 3.13. The van der Waals surface area contributed by atoms with E-state index in [1.165, 1.54) is 6.33 Å². The van der Waals surface area contributed by atoms with Crippen LogP contribution in [0.3, 0.4) is 0 Å². The molecule has 0 saturated heterocycles. The second-order valence-electron chi connectivity index (χ2n) is 3.63. The minimum atomic E-state index is -1.04. The first-order valence-electron chi connectivity index (χ1n) is 4.87. The van der Waals surface area contributed by atoms with Gasteiger partial charge in [-0.25, -0.2) is 14.8 Å². The largest absolute Gasteiger partial charge is 0.476 e. The molecule has 3 rings (SSSR count). The molecule has 16 heavy (non-hydrogen) atoms. The number of aryl methyl sites for hydroxylation is 2. The number of carboxylic acid groups (broad SMARTS) is 1. The van der Waals surface area contributed by atoms with E-state index in [0.717, 1.165) is 24.1 Å². The third-order valence-electron chi connectivity index (χ3n) is 2.71. The molecule has 6 nitrogen and oxygen atoms in total. The van der Waals surface area contributed by atoms with E-state index >= 15 is 0 Å². The maximum absolute atomic E-state index is 11.0. The van der Waals surface area contributed by atoms with Crippen molar-refractivity contribution < 1.29 is 9.90 Å². The van der Waals surface area contributed by atoms with Gasteiger partial charge < -0.3 is 5.11 Å². The van der Waals surface area contributed by atoms with Crippen molar-refractivity contribution in [2.24, 2.45) is 0 Å². The van der Waals surface area contributed by atoms with Crippen LogP contribution >= 0.6 is 0 Å². The zero-order chi connectivity index (χ0) is 11.1. The topological polar surface area (TPSA) is 91.8 Å². The summed E-state index contributed by atoms with van der Waals surface area (Å²) >= 11 is 0. The molecule has 1 aliphatic rings. The molecular weight excluding hydrogens is 208 g/mol. The molecule has 80 valence electrons. The summed E-state index contributed by atoms with van der Waals surface area (Å²) in [5.74, 6) is -1.04. The van der Waals surface area contributed by atoms with Crippen LogP contribution in [0, 0.1) is 0 Å². The van der Waals surface area contributed by atoms with E-state index in [9.17, 15) is 4.79 Å². The summed E-state index contributed by atoms with van der Waals surface area (Å²) in [7, 11) is 0. The SMILES string of the molecule is O=C(O)c1n[nH]c2c1-c1ncncc1CC2. The van der Waals surface area contributed by atoms with E-state index in [4.69, 9.17) is 5.11 Å². The van der Waals surface area contributed by atoms with Crippen LogP contribution in [0.1, 0.15) is 21.7 Å². The molecule has 2 aromatic rings. The summed E-state index contributed by atoms with van der Waals surface area (Å²) in [6, 6.07) is 0. The van der Waals surface area contributed by atoms with E-state index in [-0.39, 0.29) is 5.69 Å². The number of hydrogen-bond acceptors (Lipinski definition) is 4.